The van der Waals surface area contributed by atoms with Gasteiger partial charge < -0.3 is 9.47 Å². The van der Waals surface area contributed by atoms with Crippen molar-refractivity contribution in [2.45, 2.75) is 20.4 Å². The standard InChI is InChI=1S/C18H20N2O3S/c1-11-9-13(5-6-15(11)23-4)14-10-24-17-16(14)18(21)20(7-8-22-3)12(2)19-17/h5-6,9-10H,7-8H2,1-4H3. The van der Waals surface area contributed by atoms with Crippen molar-refractivity contribution in [2.75, 3.05) is 20.8 Å². The molecule has 0 spiro atoms. The van der Waals surface area contributed by atoms with E-state index in [1.165, 1.54) is 11.3 Å². The van der Waals surface area contributed by atoms with Gasteiger partial charge in [0.1, 0.15) is 16.4 Å². The van der Waals surface area contributed by atoms with Crippen LogP contribution < -0.4 is 10.3 Å². The van der Waals surface area contributed by atoms with Crippen molar-refractivity contribution in [3.8, 4) is 16.9 Å². The van der Waals surface area contributed by atoms with Crippen molar-refractivity contribution in [1.29, 1.82) is 0 Å². The number of thiophene rings is 1. The smallest absolute Gasteiger partial charge is 0.262 e. The largest absolute Gasteiger partial charge is 0.496 e. The second-order valence-corrected chi connectivity index (χ2v) is 6.48. The van der Waals surface area contributed by atoms with Crippen LogP contribution >= 0.6 is 11.3 Å². The van der Waals surface area contributed by atoms with E-state index in [4.69, 9.17) is 9.47 Å². The first kappa shape index (κ1) is 16.7. The lowest BCUT2D eigenvalue weighted by Gasteiger charge is -2.10. The van der Waals surface area contributed by atoms with Crippen LogP contribution in [0.3, 0.4) is 0 Å². The van der Waals surface area contributed by atoms with E-state index in [0.717, 1.165) is 27.3 Å². The van der Waals surface area contributed by atoms with E-state index in [-0.39, 0.29) is 5.56 Å². The Bertz CT molecular complexity index is 943. The number of hydrogen-bond donors (Lipinski definition) is 0. The summed E-state index contributed by atoms with van der Waals surface area (Å²) in [5.41, 5.74) is 2.94. The van der Waals surface area contributed by atoms with Gasteiger partial charge in [0.15, 0.2) is 0 Å². The Morgan fingerprint density at radius 2 is 2.04 bits per heavy atom. The van der Waals surface area contributed by atoms with Crippen molar-refractivity contribution >= 4 is 21.6 Å². The van der Waals surface area contributed by atoms with E-state index < -0.39 is 0 Å². The number of aromatic nitrogens is 2. The third-order valence-electron chi connectivity index (χ3n) is 4.11. The molecule has 0 saturated heterocycles. The molecular weight excluding hydrogens is 324 g/mol. The molecule has 0 atom stereocenters. The topological polar surface area (TPSA) is 53.4 Å². The predicted molar refractivity (Wildman–Crippen MR) is 97.2 cm³/mol. The molecule has 0 N–H and O–H groups in total. The molecule has 2 aromatic heterocycles. The summed E-state index contributed by atoms with van der Waals surface area (Å²) in [4.78, 5) is 18.3. The van der Waals surface area contributed by atoms with Crippen LogP contribution in [0.5, 0.6) is 5.75 Å². The Hall–Kier alpha value is -2.18. The first-order valence-corrected chi connectivity index (χ1v) is 8.57. The van der Waals surface area contributed by atoms with E-state index in [1.54, 1.807) is 18.8 Å². The molecule has 6 heteroatoms. The molecule has 0 saturated carbocycles. The zero-order chi connectivity index (χ0) is 17.3. The predicted octanol–water partition coefficient (Wildman–Crippen LogP) is 3.40. The lowest BCUT2D eigenvalue weighted by atomic mass is 10.0. The van der Waals surface area contributed by atoms with Crippen molar-refractivity contribution in [2.24, 2.45) is 0 Å². The average molecular weight is 344 g/mol. The van der Waals surface area contributed by atoms with Gasteiger partial charge in [0.05, 0.1) is 25.6 Å². The zero-order valence-electron chi connectivity index (χ0n) is 14.3. The zero-order valence-corrected chi connectivity index (χ0v) is 15.1. The highest BCUT2D eigenvalue weighted by molar-refractivity contribution is 7.17. The third kappa shape index (κ3) is 2.83. The second-order valence-electron chi connectivity index (χ2n) is 5.62. The van der Waals surface area contributed by atoms with Crippen LogP contribution in [-0.4, -0.2) is 30.4 Å². The molecule has 0 amide bonds. The van der Waals surface area contributed by atoms with Gasteiger partial charge in [0, 0.05) is 18.1 Å². The molecule has 126 valence electrons. The Morgan fingerprint density at radius 1 is 1.25 bits per heavy atom. The van der Waals surface area contributed by atoms with Gasteiger partial charge in [-0.2, -0.15) is 0 Å². The van der Waals surface area contributed by atoms with E-state index in [1.807, 2.05) is 37.4 Å². The molecular formula is C18H20N2O3S. The fraction of sp³-hybridized carbons (Fsp3) is 0.333. The van der Waals surface area contributed by atoms with Gasteiger partial charge in [0.2, 0.25) is 0 Å². The minimum Gasteiger partial charge on any atom is -0.496 e. The van der Waals surface area contributed by atoms with Gasteiger partial charge in [0.25, 0.3) is 5.56 Å². The maximum atomic E-state index is 13.0. The molecule has 2 heterocycles. The van der Waals surface area contributed by atoms with Crippen LogP contribution in [-0.2, 0) is 11.3 Å². The highest BCUT2D eigenvalue weighted by Gasteiger charge is 2.16. The fourth-order valence-corrected chi connectivity index (χ4v) is 3.81. The summed E-state index contributed by atoms with van der Waals surface area (Å²) in [5.74, 6) is 1.55. The Labute approximate surface area is 144 Å². The van der Waals surface area contributed by atoms with Crippen molar-refractivity contribution in [3.05, 3.63) is 45.3 Å². The first-order chi connectivity index (χ1) is 11.6. The molecule has 3 rings (SSSR count). The van der Waals surface area contributed by atoms with Crippen LogP contribution in [0.1, 0.15) is 11.4 Å². The Kier molecular flexibility index (Phi) is 4.69. The summed E-state index contributed by atoms with van der Waals surface area (Å²) in [5, 5.41) is 2.67. The van der Waals surface area contributed by atoms with Crippen LogP contribution in [0.2, 0.25) is 0 Å². The van der Waals surface area contributed by atoms with Crippen molar-refractivity contribution < 1.29 is 9.47 Å². The molecule has 0 aliphatic heterocycles. The highest BCUT2D eigenvalue weighted by atomic mass is 32.1. The second kappa shape index (κ2) is 6.75. The van der Waals surface area contributed by atoms with Crippen molar-refractivity contribution in [3.63, 3.8) is 0 Å². The molecule has 3 aromatic rings. The summed E-state index contributed by atoms with van der Waals surface area (Å²) in [6.07, 6.45) is 0. The minimum absolute atomic E-state index is 0.0146. The van der Waals surface area contributed by atoms with Gasteiger partial charge >= 0.3 is 0 Å². The van der Waals surface area contributed by atoms with Crippen LogP contribution in [0.15, 0.2) is 28.4 Å². The molecule has 0 bridgehead atoms. The molecule has 1 aromatic carbocycles. The quantitative estimate of drug-likeness (QED) is 0.712. The van der Waals surface area contributed by atoms with E-state index in [2.05, 4.69) is 4.98 Å². The van der Waals surface area contributed by atoms with E-state index >= 15 is 0 Å². The van der Waals surface area contributed by atoms with E-state index in [0.29, 0.717) is 24.4 Å². The molecule has 5 nitrogen and oxygen atoms in total. The number of rotatable bonds is 5. The number of fused-ring (bicyclic) bond motifs is 1. The number of methoxy groups -OCH3 is 2. The number of ether oxygens (including phenoxy) is 2. The third-order valence-corrected chi connectivity index (χ3v) is 4.98. The maximum Gasteiger partial charge on any atom is 0.262 e. The van der Waals surface area contributed by atoms with Gasteiger partial charge in [-0.3, -0.25) is 9.36 Å². The van der Waals surface area contributed by atoms with E-state index in [9.17, 15) is 4.79 Å². The monoisotopic (exact) mass is 344 g/mol. The van der Waals surface area contributed by atoms with Crippen LogP contribution in [0, 0.1) is 13.8 Å². The van der Waals surface area contributed by atoms with Crippen LogP contribution in [0.25, 0.3) is 21.3 Å². The summed E-state index contributed by atoms with van der Waals surface area (Å²) >= 11 is 1.50. The first-order valence-electron chi connectivity index (χ1n) is 7.69. The van der Waals surface area contributed by atoms with Crippen molar-refractivity contribution in [1.82, 2.24) is 9.55 Å². The Balaban J connectivity index is 2.19. The molecule has 0 aliphatic carbocycles. The molecule has 0 unspecified atom stereocenters. The summed E-state index contributed by atoms with van der Waals surface area (Å²) in [7, 11) is 3.28. The molecule has 0 aliphatic rings. The van der Waals surface area contributed by atoms with Gasteiger partial charge in [-0.05, 0) is 37.1 Å². The molecule has 0 fully saturated rings. The SMILES string of the molecule is COCCn1c(C)nc2scc(-c3ccc(OC)c(C)c3)c2c1=O. The minimum atomic E-state index is -0.0146. The lowest BCUT2D eigenvalue weighted by molar-refractivity contribution is 0.185. The van der Waals surface area contributed by atoms with Gasteiger partial charge in [-0.1, -0.05) is 6.07 Å². The highest BCUT2D eigenvalue weighted by Crippen LogP contribution is 2.33. The maximum absolute atomic E-state index is 13.0. The summed E-state index contributed by atoms with van der Waals surface area (Å²) in [6, 6.07) is 5.95. The number of benzene rings is 1. The lowest BCUT2D eigenvalue weighted by Crippen LogP contribution is -2.25. The van der Waals surface area contributed by atoms with Gasteiger partial charge in [-0.25, -0.2) is 4.98 Å². The summed E-state index contributed by atoms with van der Waals surface area (Å²) < 4.78 is 12.1. The number of aryl methyl sites for hydroxylation is 2. The molecule has 0 radical (unpaired) electrons. The molecule has 24 heavy (non-hydrogen) atoms. The Morgan fingerprint density at radius 3 is 2.71 bits per heavy atom. The number of nitrogens with zero attached hydrogens (tertiary/aromatic N) is 2. The fourth-order valence-electron chi connectivity index (χ4n) is 2.83. The van der Waals surface area contributed by atoms with Gasteiger partial charge in [-0.15, -0.1) is 11.3 Å². The summed E-state index contributed by atoms with van der Waals surface area (Å²) in [6.45, 7) is 4.83. The normalized spacial score (nSPS) is 11.2. The average Bonchev–Trinajstić information content (AvgIpc) is 2.98. The van der Waals surface area contributed by atoms with Crippen LogP contribution in [0.4, 0.5) is 0 Å². The number of hydrogen-bond acceptors (Lipinski definition) is 5.